The Kier molecular flexibility index (Phi) is 8.74. The van der Waals surface area contributed by atoms with Crippen molar-refractivity contribution in [1.82, 2.24) is 10.2 Å². The quantitative estimate of drug-likeness (QED) is 0.353. The smallest absolute Gasteiger partial charge is 0.410 e. The number of hydrogen-bond donors (Lipinski definition) is 3. The van der Waals surface area contributed by atoms with Crippen molar-refractivity contribution in [2.45, 2.75) is 26.4 Å². The lowest BCUT2D eigenvalue weighted by molar-refractivity contribution is -0.115. The molecule has 0 atom stereocenters. The van der Waals surface area contributed by atoms with Crippen LogP contribution < -0.4 is 16.0 Å². The summed E-state index contributed by atoms with van der Waals surface area (Å²) in [5.41, 5.74) is 3.01. The number of nitrogens with one attached hydrogen (secondary N) is 3. The second kappa shape index (κ2) is 12.2. The Balaban J connectivity index is 1.51. The third-order valence-corrected chi connectivity index (χ3v) is 7.28. The molecule has 0 spiro atoms. The number of nitrogens with zero attached hydrogens (tertiary/aromatic N) is 1. The molecule has 0 unspecified atom stereocenters. The molecule has 0 aliphatic carbocycles. The van der Waals surface area contributed by atoms with Crippen LogP contribution in [0, 0.1) is 0 Å². The molecule has 188 valence electrons. The van der Waals surface area contributed by atoms with Gasteiger partial charge in [-0.3, -0.25) is 9.59 Å². The molecule has 1 aromatic heterocycles. The van der Waals surface area contributed by atoms with Crippen molar-refractivity contribution in [3.63, 3.8) is 0 Å². The first-order valence-electron chi connectivity index (χ1n) is 11.6. The van der Waals surface area contributed by atoms with Crippen LogP contribution in [0.15, 0.2) is 59.1 Å². The average molecular weight is 571 g/mol. The van der Waals surface area contributed by atoms with Gasteiger partial charge in [-0.25, -0.2) is 4.79 Å². The zero-order chi connectivity index (χ0) is 25.5. The first kappa shape index (κ1) is 25.9. The molecule has 0 saturated carbocycles. The van der Waals surface area contributed by atoms with Crippen molar-refractivity contribution in [1.29, 1.82) is 0 Å². The highest BCUT2D eigenvalue weighted by Crippen LogP contribution is 2.38. The molecule has 2 heterocycles. The number of rotatable bonds is 8. The van der Waals surface area contributed by atoms with E-state index in [9.17, 15) is 14.4 Å². The summed E-state index contributed by atoms with van der Waals surface area (Å²) in [6.07, 6.45) is 0.115. The molecule has 8 nitrogen and oxygen atoms in total. The monoisotopic (exact) mass is 570 g/mol. The zero-order valence-electron chi connectivity index (χ0n) is 19.8. The lowest BCUT2D eigenvalue weighted by Crippen LogP contribution is -2.36. The Morgan fingerprint density at radius 3 is 2.53 bits per heavy atom. The number of anilines is 2. The van der Waals surface area contributed by atoms with E-state index in [4.69, 9.17) is 4.74 Å². The standard InChI is InChI=1S/C26H27BrN4O4S/c1-2-35-26(34)31-13-12-20-21(16-31)36-25(23(20)24(33)29-19-10-8-18(27)9-11-19)30-22(32)15-28-14-17-6-4-3-5-7-17/h3-11,28H,2,12-16H2,1H3,(H,29,33)(H,30,32). The first-order valence-corrected chi connectivity index (χ1v) is 13.2. The maximum atomic E-state index is 13.4. The van der Waals surface area contributed by atoms with Crippen LogP contribution in [0.1, 0.15) is 33.3 Å². The van der Waals surface area contributed by atoms with Gasteiger partial charge in [0.05, 0.1) is 25.3 Å². The largest absolute Gasteiger partial charge is 0.450 e. The van der Waals surface area contributed by atoms with Crippen molar-refractivity contribution in [2.24, 2.45) is 0 Å². The number of thiophene rings is 1. The SMILES string of the molecule is CCOC(=O)N1CCc2c(sc(NC(=O)CNCc3ccccc3)c2C(=O)Nc2ccc(Br)cc2)C1. The maximum Gasteiger partial charge on any atom is 0.410 e. The number of amides is 3. The third-order valence-electron chi connectivity index (χ3n) is 5.62. The summed E-state index contributed by atoms with van der Waals surface area (Å²) >= 11 is 4.72. The van der Waals surface area contributed by atoms with Crippen LogP contribution >= 0.6 is 27.3 Å². The number of carbonyl (C=O) groups excluding carboxylic acids is 3. The zero-order valence-corrected chi connectivity index (χ0v) is 22.2. The predicted octanol–water partition coefficient (Wildman–Crippen LogP) is 5.01. The van der Waals surface area contributed by atoms with Gasteiger partial charge in [0.25, 0.3) is 5.91 Å². The van der Waals surface area contributed by atoms with Gasteiger partial charge in [-0.2, -0.15) is 0 Å². The molecule has 36 heavy (non-hydrogen) atoms. The van der Waals surface area contributed by atoms with Crippen molar-refractivity contribution >= 4 is 55.9 Å². The number of halogens is 1. The van der Waals surface area contributed by atoms with E-state index in [0.29, 0.717) is 48.9 Å². The van der Waals surface area contributed by atoms with Gasteiger partial charge in [0.1, 0.15) is 5.00 Å². The number of benzene rings is 2. The third kappa shape index (κ3) is 6.51. The lowest BCUT2D eigenvalue weighted by atomic mass is 10.0. The maximum absolute atomic E-state index is 13.4. The fourth-order valence-electron chi connectivity index (χ4n) is 3.92. The molecule has 10 heteroatoms. The number of fused-ring (bicyclic) bond motifs is 1. The Labute approximate surface area is 222 Å². The summed E-state index contributed by atoms with van der Waals surface area (Å²) in [6.45, 7) is 3.49. The Morgan fingerprint density at radius 2 is 1.81 bits per heavy atom. The molecular weight excluding hydrogens is 544 g/mol. The van der Waals surface area contributed by atoms with E-state index in [0.717, 1.165) is 20.5 Å². The van der Waals surface area contributed by atoms with Crippen LogP contribution in [-0.4, -0.2) is 42.5 Å². The summed E-state index contributed by atoms with van der Waals surface area (Å²) in [6, 6.07) is 17.1. The molecule has 1 aliphatic rings. The first-order chi connectivity index (χ1) is 17.4. The van der Waals surface area contributed by atoms with Crippen molar-refractivity contribution < 1.29 is 19.1 Å². The highest BCUT2D eigenvalue weighted by molar-refractivity contribution is 9.10. The van der Waals surface area contributed by atoms with Crippen LogP contribution in [0.2, 0.25) is 0 Å². The van der Waals surface area contributed by atoms with Crippen molar-refractivity contribution in [3.05, 3.63) is 80.6 Å². The Hall–Kier alpha value is -3.21. The van der Waals surface area contributed by atoms with Gasteiger partial charge >= 0.3 is 6.09 Å². The Morgan fingerprint density at radius 1 is 1.06 bits per heavy atom. The van der Waals surface area contributed by atoms with E-state index < -0.39 is 0 Å². The molecule has 0 bridgehead atoms. The minimum Gasteiger partial charge on any atom is -0.450 e. The molecule has 0 radical (unpaired) electrons. The number of hydrogen-bond acceptors (Lipinski definition) is 6. The summed E-state index contributed by atoms with van der Waals surface area (Å²) < 4.78 is 6.05. The summed E-state index contributed by atoms with van der Waals surface area (Å²) in [7, 11) is 0. The number of carbonyl (C=O) groups is 3. The molecular formula is C26H27BrN4O4S. The van der Waals surface area contributed by atoms with E-state index in [1.165, 1.54) is 11.3 Å². The van der Waals surface area contributed by atoms with E-state index in [2.05, 4.69) is 31.9 Å². The molecule has 3 aromatic rings. The van der Waals surface area contributed by atoms with E-state index in [1.54, 1.807) is 24.0 Å². The fourth-order valence-corrected chi connectivity index (χ4v) is 5.46. The van der Waals surface area contributed by atoms with Gasteiger partial charge in [-0.15, -0.1) is 11.3 Å². The van der Waals surface area contributed by atoms with Crippen LogP contribution in [0.5, 0.6) is 0 Å². The van der Waals surface area contributed by atoms with Crippen LogP contribution in [-0.2, 0) is 29.0 Å². The highest BCUT2D eigenvalue weighted by atomic mass is 79.9. The molecule has 0 fully saturated rings. The van der Waals surface area contributed by atoms with Gasteiger partial charge in [-0.05, 0) is 48.7 Å². The van der Waals surface area contributed by atoms with Crippen LogP contribution in [0.4, 0.5) is 15.5 Å². The lowest BCUT2D eigenvalue weighted by Gasteiger charge is -2.26. The van der Waals surface area contributed by atoms with Gasteiger partial charge < -0.3 is 25.6 Å². The molecule has 3 amide bonds. The van der Waals surface area contributed by atoms with E-state index in [1.807, 2.05) is 42.5 Å². The van der Waals surface area contributed by atoms with Gasteiger partial charge in [0.2, 0.25) is 5.91 Å². The van der Waals surface area contributed by atoms with E-state index >= 15 is 0 Å². The van der Waals surface area contributed by atoms with E-state index in [-0.39, 0.29) is 24.5 Å². The van der Waals surface area contributed by atoms with Crippen LogP contribution in [0.25, 0.3) is 0 Å². The molecule has 1 aliphatic heterocycles. The van der Waals surface area contributed by atoms with Gasteiger partial charge in [0.15, 0.2) is 0 Å². The van der Waals surface area contributed by atoms with Gasteiger partial charge in [0, 0.05) is 28.1 Å². The predicted molar refractivity (Wildman–Crippen MR) is 144 cm³/mol. The molecule has 4 rings (SSSR count). The summed E-state index contributed by atoms with van der Waals surface area (Å²) in [5, 5.41) is 9.45. The molecule has 3 N–H and O–H groups in total. The average Bonchev–Trinajstić information content (AvgIpc) is 3.23. The van der Waals surface area contributed by atoms with Crippen molar-refractivity contribution in [2.75, 3.05) is 30.3 Å². The summed E-state index contributed by atoms with van der Waals surface area (Å²) in [5.74, 6) is -0.545. The number of ether oxygens (including phenoxy) is 1. The topological polar surface area (TPSA) is 99.8 Å². The minimum atomic E-state index is -0.381. The fraction of sp³-hybridized carbons (Fsp3) is 0.269. The summed E-state index contributed by atoms with van der Waals surface area (Å²) in [4.78, 5) is 40.9. The van der Waals surface area contributed by atoms with Gasteiger partial charge in [-0.1, -0.05) is 46.3 Å². The second-order valence-electron chi connectivity index (χ2n) is 8.18. The molecule has 0 saturated heterocycles. The Bertz CT molecular complexity index is 1230. The minimum absolute atomic E-state index is 0.0974. The highest BCUT2D eigenvalue weighted by Gasteiger charge is 2.31. The van der Waals surface area contributed by atoms with Crippen molar-refractivity contribution in [3.8, 4) is 0 Å². The van der Waals surface area contributed by atoms with Crippen LogP contribution in [0.3, 0.4) is 0 Å². The normalized spacial score (nSPS) is 12.6. The molecule has 2 aromatic carbocycles. The second-order valence-corrected chi connectivity index (χ2v) is 10.2.